The lowest BCUT2D eigenvalue weighted by molar-refractivity contribution is -0.144. The Labute approximate surface area is 108 Å². The van der Waals surface area contributed by atoms with Crippen LogP contribution in [0.4, 0.5) is 0 Å². The third kappa shape index (κ3) is 2.55. The van der Waals surface area contributed by atoms with Crippen LogP contribution in [-0.2, 0) is 14.3 Å². The molecule has 0 saturated carbocycles. The summed E-state index contributed by atoms with van der Waals surface area (Å²) in [4.78, 5) is 23.6. The van der Waals surface area contributed by atoms with E-state index >= 15 is 0 Å². The number of ketones is 1. The smallest absolute Gasteiger partial charge is 0.334 e. The Bertz CT molecular complexity index is 441. The number of carbonyl (C=O) groups is 2. The van der Waals surface area contributed by atoms with E-state index in [2.05, 4.69) is 13.8 Å². The van der Waals surface area contributed by atoms with Crippen LogP contribution >= 0.6 is 0 Å². The third-order valence-corrected chi connectivity index (χ3v) is 3.92. The number of hydrogen-bond donors (Lipinski definition) is 0. The van der Waals surface area contributed by atoms with Crippen LogP contribution < -0.4 is 0 Å². The topological polar surface area (TPSA) is 43.4 Å². The van der Waals surface area contributed by atoms with Gasteiger partial charge in [-0.25, -0.2) is 4.79 Å². The van der Waals surface area contributed by atoms with Gasteiger partial charge in [-0.3, -0.25) is 4.79 Å². The van der Waals surface area contributed by atoms with E-state index in [4.69, 9.17) is 4.74 Å². The Morgan fingerprint density at radius 1 is 1.28 bits per heavy atom. The van der Waals surface area contributed by atoms with Gasteiger partial charge in [-0.1, -0.05) is 19.9 Å². The van der Waals surface area contributed by atoms with Crippen molar-refractivity contribution in [2.24, 2.45) is 5.41 Å². The van der Waals surface area contributed by atoms with Gasteiger partial charge in [0.1, 0.15) is 6.10 Å². The normalized spacial score (nSPS) is 30.9. The summed E-state index contributed by atoms with van der Waals surface area (Å²) in [5.74, 6) is 0.0169. The third-order valence-electron chi connectivity index (χ3n) is 3.92. The van der Waals surface area contributed by atoms with Crippen molar-refractivity contribution in [1.29, 1.82) is 0 Å². The molecule has 0 fully saturated rings. The first-order valence-electron chi connectivity index (χ1n) is 6.52. The first kappa shape index (κ1) is 13.1. The van der Waals surface area contributed by atoms with Gasteiger partial charge in [-0.2, -0.15) is 0 Å². The number of esters is 1. The Hall–Kier alpha value is -1.38. The predicted molar refractivity (Wildman–Crippen MR) is 69.0 cm³/mol. The number of fused-ring (bicyclic) bond motifs is 1. The first-order chi connectivity index (χ1) is 8.40. The van der Waals surface area contributed by atoms with Crippen LogP contribution in [0.25, 0.3) is 0 Å². The maximum absolute atomic E-state index is 11.9. The molecule has 1 aliphatic carbocycles. The van der Waals surface area contributed by atoms with Crippen LogP contribution in [0.1, 0.15) is 46.5 Å². The molecule has 0 aromatic rings. The highest BCUT2D eigenvalue weighted by Gasteiger charge is 2.37. The van der Waals surface area contributed by atoms with Crippen molar-refractivity contribution in [3.8, 4) is 0 Å². The molecule has 0 unspecified atom stereocenters. The molecule has 1 aliphatic heterocycles. The summed E-state index contributed by atoms with van der Waals surface area (Å²) in [6.07, 6.45) is 6.34. The van der Waals surface area contributed by atoms with E-state index in [-0.39, 0.29) is 23.3 Å². The molecule has 18 heavy (non-hydrogen) atoms. The fraction of sp³-hybridized carbons (Fsp3) is 0.600. The molecule has 2 bridgehead atoms. The van der Waals surface area contributed by atoms with E-state index in [1.807, 2.05) is 19.1 Å². The lowest BCUT2D eigenvalue weighted by Crippen LogP contribution is -2.29. The molecule has 0 spiro atoms. The number of hydrogen-bond acceptors (Lipinski definition) is 3. The lowest BCUT2D eigenvalue weighted by Gasteiger charge is -2.29. The molecule has 0 N–H and O–H groups in total. The maximum Gasteiger partial charge on any atom is 0.334 e. The highest BCUT2D eigenvalue weighted by molar-refractivity contribution is 5.95. The van der Waals surface area contributed by atoms with Crippen molar-refractivity contribution in [3.63, 3.8) is 0 Å². The molecule has 0 aromatic heterocycles. The van der Waals surface area contributed by atoms with E-state index in [1.165, 1.54) is 0 Å². The second kappa shape index (κ2) is 4.71. The Balaban J connectivity index is 2.27. The molecule has 3 nitrogen and oxygen atoms in total. The molecule has 98 valence electrons. The molecule has 2 aliphatic rings. The molecule has 3 heteroatoms. The number of carbonyl (C=O) groups excluding carboxylic acids is 2. The van der Waals surface area contributed by atoms with E-state index in [1.54, 1.807) is 0 Å². The minimum atomic E-state index is -0.189. The second-order valence-corrected chi connectivity index (χ2v) is 5.86. The van der Waals surface area contributed by atoms with E-state index in [0.29, 0.717) is 12.8 Å². The summed E-state index contributed by atoms with van der Waals surface area (Å²) in [5.41, 5.74) is 1.39. The van der Waals surface area contributed by atoms with Crippen molar-refractivity contribution < 1.29 is 14.3 Å². The zero-order valence-corrected chi connectivity index (χ0v) is 11.3. The Morgan fingerprint density at radius 3 is 2.72 bits per heavy atom. The Morgan fingerprint density at radius 2 is 2.00 bits per heavy atom. The van der Waals surface area contributed by atoms with Gasteiger partial charge in [0, 0.05) is 17.4 Å². The maximum atomic E-state index is 11.9. The van der Waals surface area contributed by atoms with Gasteiger partial charge >= 0.3 is 5.97 Å². The average Bonchev–Trinajstić information content (AvgIpc) is 2.67. The minimum absolute atomic E-state index is 0.183. The van der Waals surface area contributed by atoms with Gasteiger partial charge in [-0.05, 0) is 37.8 Å². The van der Waals surface area contributed by atoms with Crippen LogP contribution in [0.2, 0.25) is 0 Å². The number of rotatable bonds is 0. The van der Waals surface area contributed by atoms with E-state index in [9.17, 15) is 9.59 Å². The van der Waals surface area contributed by atoms with Crippen LogP contribution in [0, 0.1) is 5.41 Å². The standard InChI is InChI=1S/C15H20O3/c1-10-5-4-6-11-9-13(18-14(11)17)15(2,3)8-7-12(10)16/h5,9,13H,4,6-8H2,1-3H3/b10-5+/t13-/m0/s1. The van der Waals surface area contributed by atoms with Crippen molar-refractivity contribution in [2.75, 3.05) is 0 Å². The van der Waals surface area contributed by atoms with Gasteiger partial charge in [0.25, 0.3) is 0 Å². The summed E-state index contributed by atoms with van der Waals surface area (Å²) in [6, 6.07) is 0. The van der Waals surface area contributed by atoms with Crippen molar-refractivity contribution >= 4 is 11.8 Å². The largest absolute Gasteiger partial charge is 0.454 e. The SMILES string of the molecule is C/C1=C\CCC2=C[C@H](OC2=O)C(C)(C)CCC1=O. The minimum Gasteiger partial charge on any atom is -0.454 e. The fourth-order valence-electron chi connectivity index (χ4n) is 2.38. The van der Waals surface area contributed by atoms with Gasteiger partial charge < -0.3 is 4.74 Å². The Kier molecular flexibility index (Phi) is 3.42. The second-order valence-electron chi connectivity index (χ2n) is 5.86. The summed E-state index contributed by atoms with van der Waals surface area (Å²) in [5, 5.41) is 0. The van der Waals surface area contributed by atoms with Crippen LogP contribution in [0.5, 0.6) is 0 Å². The van der Waals surface area contributed by atoms with Gasteiger partial charge in [0.2, 0.25) is 0 Å². The summed E-state index contributed by atoms with van der Waals surface area (Å²) in [7, 11) is 0. The lowest BCUT2D eigenvalue weighted by atomic mass is 9.81. The van der Waals surface area contributed by atoms with Gasteiger partial charge in [0.05, 0.1) is 0 Å². The fourth-order valence-corrected chi connectivity index (χ4v) is 2.38. The van der Waals surface area contributed by atoms with E-state index < -0.39 is 0 Å². The van der Waals surface area contributed by atoms with Crippen LogP contribution in [-0.4, -0.2) is 17.9 Å². The van der Waals surface area contributed by atoms with Crippen molar-refractivity contribution in [2.45, 2.75) is 52.6 Å². The molecule has 2 rings (SSSR count). The number of Topliss-reactive ketones (excluding diaryl/α,β-unsaturated/α-hetero) is 1. The zero-order chi connectivity index (χ0) is 13.3. The highest BCUT2D eigenvalue weighted by Crippen LogP contribution is 2.36. The van der Waals surface area contributed by atoms with Crippen molar-refractivity contribution in [3.05, 3.63) is 23.3 Å². The van der Waals surface area contributed by atoms with Gasteiger partial charge in [-0.15, -0.1) is 0 Å². The molecule has 0 saturated heterocycles. The summed E-state index contributed by atoms with van der Waals surface area (Å²) in [6.45, 7) is 5.96. The molecule has 1 atom stereocenters. The molecular weight excluding hydrogens is 228 g/mol. The predicted octanol–water partition coefficient (Wildman–Crippen LogP) is 2.95. The zero-order valence-electron chi connectivity index (χ0n) is 11.3. The number of ether oxygens (including phenoxy) is 1. The van der Waals surface area contributed by atoms with Crippen molar-refractivity contribution in [1.82, 2.24) is 0 Å². The average molecular weight is 248 g/mol. The molecular formula is C15H20O3. The van der Waals surface area contributed by atoms with E-state index in [0.717, 1.165) is 24.0 Å². The monoisotopic (exact) mass is 248 g/mol. The van der Waals surface area contributed by atoms with Crippen LogP contribution in [0.15, 0.2) is 23.3 Å². The summed E-state index contributed by atoms with van der Waals surface area (Å²) >= 11 is 0. The molecule has 1 heterocycles. The molecule has 0 amide bonds. The quantitative estimate of drug-likeness (QED) is 0.619. The van der Waals surface area contributed by atoms with Gasteiger partial charge in [0.15, 0.2) is 5.78 Å². The van der Waals surface area contributed by atoms with Crippen LogP contribution in [0.3, 0.4) is 0 Å². The summed E-state index contributed by atoms with van der Waals surface area (Å²) < 4.78 is 5.41. The first-order valence-corrected chi connectivity index (χ1v) is 6.52. The molecule has 0 aromatic carbocycles. The highest BCUT2D eigenvalue weighted by atomic mass is 16.5. The molecule has 0 radical (unpaired) electrons. The number of allylic oxidation sites excluding steroid dienone is 2.